The highest BCUT2D eigenvalue weighted by molar-refractivity contribution is 6.01. The van der Waals surface area contributed by atoms with Gasteiger partial charge < -0.3 is 10.1 Å². The maximum Gasteiger partial charge on any atom is 0.211 e. The number of ketones is 1. The van der Waals surface area contributed by atoms with Gasteiger partial charge in [0.05, 0.1) is 17.5 Å². The van der Waals surface area contributed by atoms with Crippen molar-refractivity contribution < 1.29 is 14.3 Å². The summed E-state index contributed by atoms with van der Waals surface area (Å²) in [6.07, 6.45) is 7.92. The van der Waals surface area contributed by atoms with Crippen molar-refractivity contribution in [2.75, 3.05) is 13.1 Å². The van der Waals surface area contributed by atoms with Crippen LogP contribution < -0.4 is 10.1 Å². The highest BCUT2D eigenvalue weighted by Crippen LogP contribution is 2.40. The average Bonchev–Trinajstić information content (AvgIpc) is 2.81. The lowest BCUT2D eigenvalue weighted by Crippen LogP contribution is -2.50. The number of amides is 1. The first kappa shape index (κ1) is 20.4. The number of rotatable bonds is 5. The first-order valence-electron chi connectivity index (χ1n) is 10.9. The standard InChI is InChI=1S/C26H25N3O3/c30-18-27-10-7-19-5-6-25-22(14-19)24(31)15-26(32-25)8-11-29(12-9-26)17-20-13-21-3-1-2-4-23(21)28-16-20/h1-7,10,13-14,16,18H,8-9,11-12,15,17H2,(H,27,30)/b10-7+. The smallest absolute Gasteiger partial charge is 0.211 e. The molecule has 1 aromatic heterocycles. The third-order valence-electron chi connectivity index (χ3n) is 6.37. The van der Waals surface area contributed by atoms with E-state index in [1.54, 1.807) is 12.3 Å². The topological polar surface area (TPSA) is 71.5 Å². The van der Waals surface area contributed by atoms with Gasteiger partial charge in [-0.05, 0) is 41.5 Å². The van der Waals surface area contributed by atoms with Gasteiger partial charge in [-0.1, -0.05) is 24.3 Å². The Labute approximate surface area is 186 Å². The van der Waals surface area contributed by atoms with E-state index < -0.39 is 5.60 Å². The molecule has 5 rings (SSSR count). The summed E-state index contributed by atoms with van der Waals surface area (Å²) in [7, 11) is 0. The summed E-state index contributed by atoms with van der Waals surface area (Å²) in [5.41, 5.74) is 3.27. The summed E-state index contributed by atoms with van der Waals surface area (Å²) in [5.74, 6) is 0.783. The van der Waals surface area contributed by atoms with Crippen molar-refractivity contribution in [1.29, 1.82) is 0 Å². The number of Topliss-reactive ketones (excluding diaryl/α,β-unsaturated/α-hetero) is 1. The van der Waals surface area contributed by atoms with Crippen LogP contribution >= 0.6 is 0 Å². The van der Waals surface area contributed by atoms with Gasteiger partial charge in [0.25, 0.3) is 0 Å². The molecule has 0 bridgehead atoms. The van der Waals surface area contributed by atoms with E-state index in [2.05, 4.69) is 27.3 Å². The average molecular weight is 428 g/mol. The summed E-state index contributed by atoms with van der Waals surface area (Å²) in [4.78, 5) is 30.3. The number of nitrogens with zero attached hydrogens (tertiary/aromatic N) is 2. The number of aromatic nitrogens is 1. The van der Waals surface area contributed by atoms with Crippen LogP contribution in [0.1, 0.15) is 40.7 Å². The van der Waals surface area contributed by atoms with E-state index in [9.17, 15) is 9.59 Å². The Balaban J connectivity index is 1.25. The highest BCUT2D eigenvalue weighted by Gasteiger charge is 2.42. The van der Waals surface area contributed by atoms with Gasteiger partial charge >= 0.3 is 0 Å². The summed E-state index contributed by atoms with van der Waals surface area (Å²) < 4.78 is 6.41. The molecule has 1 fully saturated rings. The van der Waals surface area contributed by atoms with Crippen LogP contribution in [0.15, 0.2) is 60.9 Å². The number of hydrogen-bond donors (Lipinski definition) is 1. The molecule has 0 atom stereocenters. The van der Waals surface area contributed by atoms with Gasteiger partial charge in [-0.3, -0.25) is 19.5 Å². The van der Waals surface area contributed by atoms with Crippen LogP contribution in [-0.4, -0.2) is 40.8 Å². The Hall–Kier alpha value is -3.51. The molecule has 2 aliphatic heterocycles. The molecule has 0 radical (unpaired) electrons. The molecule has 6 nitrogen and oxygen atoms in total. The molecule has 0 unspecified atom stereocenters. The van der Waals surface area contributed by atoms with Gasteiger partial charge in [-0.15, -0.1) is 0 Å². The Bertz CT molecular complexity index is 1200. The number of carbonyl (C=O) groups excluding carboxylic acids is 2. The summed E-state index contributed by atoms with van der Waals surface area (Å²) >= 11 is 0. The predicted molar refractivity (Wildman–Crippen MR) is 123 cm³/mol. The largest absolute Gasteiger partial charge is 0.486 e. The number of nitrogens with one attached hydrogen (secondary N) is 1. The summed E-state index contributed by atoms with van der Waals surface area (Å²) in [5, 5.41) is 3.64. The van der Waals surface area contributed by atoms with Crippen molar-refractivity contribution in [3.05, 3.63) is 77.6 Å². The molecular formula is C26H25N3O3. The summed E-state index contributed by atoms with van der Waals surface area (Å²) in [6, 6.07) is 16.0. The van der Waals surface area contributed by atoms with E-state index in [0.29, 0.717) is 24.1 Å². The van der Waals surface area contributed by atoms with Crippen molar-refractivity contribution in [3.8, 4) is 5.75 Å². The maximum atomic E-state index is 12.9. The number of piperidine rings is 1. The molecule has 162 valence electrons. The van der Waals surface area contributed by atoms with Gasteiger partial charge in [0.15, 0.2) is 5.78 Å². The minimum Gasteiger partial charge on any atom is -0.486 e. The van der Waals surface area contributed by atoms with Crippen molar-refractivity contribution in [3.63, 3.8) is 0 Å². The van der Waals surface area contributed by atoms with E-state index >= 15 is 0 Å². The van der Waals surface area contributed by atoms with Crippen LogP contribution in [0.2, 0.25) is 0 Å². The van der Waals surface area contributed by atoms with Gasteiger partial charge in [-0.2, -0.15) is 0 Å². The Morgan fingerprint density at radius 3 is 2.81 bits per heavy atom. The minimum atomic E-state index is -0.418. The lowest BCUT2D eigenvalue weighted by molar-refractivity contribution is -0.108. The molecule has 3 aromatic rings. The second-order valence-electron chi connectivity index (χ2n) is 8.57. The molecule has 1 amide bonds. The molecule has 1 spiro atoms. The quantitative estimate of drug-likeness (QED) is 0.625. The van der Waals surface area contributed by atoms with E-state index in [1.165, 1.54) is 5.56 Å². The SMILES string of the molecule is O=CN/C=C/c1ccc2c(c1)C(=O)CC1(CCN(Cc3cnc4ccccc4c3)CC1)O2. The number of benzene rings is 2. The van der Waals surface area contributed by atoms with Crippen LogP contribution in [0, 0.1) is 0 Å². The zero-order valence-electron chi connectivity index (χ0n) is 17.8. The number of ether oxygens (including phenoxy) is 1. The van der Waals surface area contributed by atoms with E-state index in [0.717, 1.165) is 48.9 Å². The second kappa shape index (κ2) is 8.55. The van der Waals surface area contributed by atoms with Gasteiger partial charge in [0.2, 0.25) is 6.41 Å². The lowest BCUT2D eigenvalue weighted by Gasteiger charge is -2.44. The molecule has 2 aliphatic rings. The van der Waals surface area contributed by atoms with Gasteiger partial charge in [0.1, 0.15) is 11.4 Å². The Morgan fingerprint density at radius 1 is 1.12 bits per heavy atom. The molecular weight excluding hydrogens is 402 g/mol. The summed E-state index contributed by atoms with van der Waals surface area (Å²) in [6.45, 7) is 2.62. The Morgan fingerprint density at radius 2 is 1.97 bits per heavy atom. The van der Waals surface area contributed by atoms with Crippen LogP contribution in [0.25, 0.3) is 17.0 Å². The first-order chi connectivity index (χ1) is 15.6. The van der Waals surface area contributed by atoms with Crippen LogP contribution in [0.4, 0.5) is 0 Å². The number of carbonyl (C=O) groups is 2. The van der Waals surface area contributed by atoms with Crippen molar-refractivity contribution in [2.24, 2.45) is 0 Å². The minimum absolute atomic E-state index is 0.122. The normalized spacial score (nSPS) is 17.9. The van der Waals surface area contributed by atoms with E-state index in [1.807, 2.05) is 42.6 Å². The lowest BCUT2D eigenvalue weighted by atomic mass is 9.82. The number of fused-ring (bicyclic) bond motifs is 2. The maximum absolute atomic E-state index is 12.9. The number of para-hydroxylation sites is 1. The molecule has 0 aliphatic carbocycles. The van der Waals surface area contributed by atoms with Crippen molar-refractivity contribution in [1.82, 2.24) is 15.2 Å². The third-order valence-corrected chi connectivity index (χ3v) is 6.37. The molecule has 0 saturated carbocycles. The zero-order chi connectivity index (χ0) is 22.0. The van der Waals surface area contributed by atoms with Gasteiger partial charge in [-0.25, -0.2) is 0 Å². The van der Waals surface area contributed by atoms with Crippen molar-refractivity contribution in [2.45, 2.75) is 31.4 Å². The second-order valence-corrected chi connectivity index (χ2v) is 8.57. The van der Waals surface area contributed by atoms with E-state index in [4.69, 9.17) is 4.74 Å². The number of hydrogen-bond acceptors (Lipinski definition) is 5. The fourth-order valence-corrected chi connectivity index (χ4v) is 4.66. The molecule has 6 heteroatoms. The van der Waals surface area contributed by atoms with Crippen molar-refractivity contribution >= 4 is 29.2 Å². The third kappa shape index (κ3) is 4.14. The first-order valence-corrected chi connectivity index (χ1v) is 10.9. The fourth-order valence-electron chi connectivity index (χ4n) is 4.66. The fraction of sp³-hybridized carbons (Fsp3) is 0.269. The molecule has 3 heterocycles. The predicted octanol–water partition coefficient (Wildman–Crippen LogP) is 3.95. The number of pyridine rings is 1. The molecule has 1 N–H and O–H groups in total. The highest BCUT2D eigenvalue weighted by atomic mass is 16.5. The van der Waals surface area contributed by atoms with Crippen LogP contribution in [0.5, 0.6) is 5.75 Å². The van der Waals surface area contributed by atoms with Gasteiger partial charge in [0, 0.05) is 50.3 Å². The Kier molecular flexibility index (Phi) is 5.45. The molecule has 2 aromatic carbocycles. The van der Waals surface area contributed by atoms with E-state index in [-0.39, 0.29) is 5.78 Å². The molecule has 1 saturated heterocycles. The van der Waals surface area contributed by atoms with Crippen LogP contribution in [-0.2, 0) is 11.3 Å². The number of likely N-dealkylation sites (tertiary alicyclic amines) is 1. The molecule has 32 heavy (non-hydrogen) atoms. The van der Waals surface area contributed by atoms with Crippen LogP contribution in [0.3, 0.4) is 0 Å². The monoisotopic (exact) mass is 427 g/mol. The zero-order valence-corrected chi connectivity index (χ0v) is 17.8.